The van der Waals surface area contributed by atoms with Gasteiger partial charge in [-0.1, -0.05) is 6.08 Å². The van der Waals surface area contributed by atoms with E-state index in [4.69, 9.17) is 0 Å². The fraction of sp³-hybridized carbons (Fsp3) is 0.417. The number of rotatable bonds is 5. The van der Waals surface area contributed by atoms with Crippen LogP contribution in [0.15, 0.2) is 31.0 Å². The fourth-order valence-electron chi connectivity index (χ4n) is 1.51. The van der Waals surface area contributed by atoms with E-state index in [1.807, 2.05) is 12.1 Å². The topological polar surface area (TPSA) is 16.1 Å². The zero-order chi connectivity index (χ0) is 12.2. The highest BCUT2D eigenvalue weighted by Crippen LogP contribution is 2.23. The highest BCUT2D eigenvalue weighted by atomic mass is 19.1. The van der Waals surface area contributed by atoms with Crippen LogP contribution in [0.3, 0.4) is 0 Å². The van der Waals surface area contributed by atoms with Crippen LogP contribution in [0.1, 0.15) is 19.5 Å². The van der Waals surface area contributed by atoms with Gasteiger partial charge < -0.3 is 4.90 Å². The molecule has 0 aromatic carbocycles. The van der Waals surface area contributed by atoms with Crippen LogP contribution in [0.5, 0.6) is 0 Å². The molecular weight excluding hydrogens is 202 g/mol. The first-order valence-electron chi connectivity index (χ1n) is 5.50. The van der Waals surface area contributed by atoms with Crippen LogP contribution < -0.4 is 4.90 Å². The molecule has 1 aromatic heterocycles. The molecule has 1 rings (SSSR count). The standard InChI is InChI=1S/C12H18BFN2/c1-4-8-16(5-2)10-6-7-15-11(9-10)12(3,13)14/h4,6-7,9H,1,5,8,13H2,2-3H3. The Hall–Kier alpha value is -1.32. The summed E-state index contributed by atoms with van der Waals surface area (Å²) in [5, 5.41) is 0. The normalized spacial score (nSPS) is 14.2. The lowest BCUT2D eigenvalue weighted by Gasteiger charge is -2.23. The zero-order valence-electron chi connectivity index (χ0n) is 10.2. The Labute approximate surface area is 97.6 Å². The van der Waals surface area contributed by atoms with Gasteiger partial charge in [0.05, 0.1) is 5.69 Å². The third kappa shape index (κ3) is 3.09. The molecule has 1 aromatic rings. The molecular formula is C12H18BFN2. The Morgan fingerprint density at radius 2 is 2.38 bits per heavy atom. The molecule has 0 saturated carbocycles. The minimum atomic E-state index is -1.40. The van der Waals surface area contributed by atoms with Gasteiger partial charge in [0.15, 0.2) is 7.85 Å². The summed E-state index contributed by atoms with van der Waals surface area (Å²) in [6.45, 7) is 8.91. The summed E-state index contributed by atoms with van der Waals surface area (Å²) in [6.07, 6.45) is 3.49. The van der Waals surface area contributed by atoms with Crippen molar-refractivity contribution < 1.29 is 4.39 Å². The van der Waals surface area contributed by atoms with Crippen LogP contribution in [-0.4, -0.2) is 25.9 Å². The molecule has 1 unspecified atom stereocenters. The van der Waals surface area contributed by atoms with Gasteiger partial charge in [0.1, 0.15) is 5.57 Å². The van der Waals surface area contributed by atoms with Gasteiger partial charge in [0.2, 0.25) is 0 Å². The van der Waals surface area contributed by atoms with Crippen LogP contribution in [0, 0.1) is 0 Å². The lowest BCUT2D eigenvalue weighted by molar-refractivity contribution is 0.305. The van der Waals surface area contributed by atoms with Crippen LogP contribution in [0.4, 0.5) is 10.1 Å². The molecule has 0 aliphatic carbocycles. The predicted octanol–water partition coefficient (Wildman–Crippen LogP) is 1.87. The molecule has 0 N–H and O–H groups in total. The number of hydrogen-bond donors (Lipinski definition) is 0. The van der Waals surface area contributed by atoms with Crippen molar-refractivity contribution in [1.29, 1.82) is 0 Å². The first kappa shape index (κ1) is 12.8. The number of halogens is 1. The first-order chi connectivity index (χ1) is 7.49. The van der Waals surface area contributed by atoms with Crippen molar-refractivity contribution in [3.05, 3.63) is 36.7 Å². The minimum absolute atomic E-state index is 0.465. The van der Waals surface area contributed by atoms with Crippen molar-refractivity contribution in [1.82, 2.24) is 4.98 Å². The van der Waals surface area contributed by atoms with E-state index in [2.05, 4.69) is 23.4 Å². The van der Waals surface area contributed by atoms with Crippen LogP contribution >= 0.6 is 0 Å². The number of likely N-dealkylation sites (N-methyl/N-ethyl adjacent to an activating group) is 1. The summed E-state index contributed by atoms with van der Waals surface area (Å²) in [4.78, 5) is 6.17. The van der Waals surface area contributed by atoms with E-state index in [1.165, 1.54) is 14.8 Å². The number of pyridine rings is 1. The zero-order valence-corrected chi connectivity index (χ0v) is 10.2. The molecule has 4 heteroatoms. The van der Waals surface area contributed by atoms with Crippen molar-refractivity contribution in [3.8, 4) is 0 Å². The molecule has 0 aliphatic heterocycles. The van der Waals surface area contributed by atoms with Gasteiger partial charge in [-0.05, 0) is 26.0 Å². The predicted molar refractivity (Wildman–Crippen MR) is 69.3 cm³/mol. The van der Waals surface area contributed by atoms with E-state index in [0.29, 0.717) is 5.69 Å². The van der Waals surface area contributed by atoms with Gasteiger partial charge in [-0.2, -0.15) is 0 Å². The summed E-state index contributed by atoms with van der Waals surface area (Å²) in [7, 11) is 1.52. The maximum absolute atomic E-state index is 13.8. The Balaban J connectivity index is 3.01. The highest BCUT2D eigenvalue weighted by Gasteiger charge is 2.21. The number of hydrogen-bond acceptors (Lipinski definition) is 2. The Morgan fingerprint density at radius 3 is 2.88 bits per heavy atom. The second-order valence-electron chi connectivity index (χ2n) is 4.20. The molecule has 0 aliphatic rings. The lowest BCUT2D eigenvalue weighted by Crippen LogP contribution is -2.24. The molecule has 0 fully saturated rings. The third-order valence-electron chi connectivity index (χ3n) is 2.45. The minimum Gasteiger partial charge on any atom is -0.368 e. The summed E-state index contributed by atoms with van der Waals surface area (Å²) >= 11 is 0. The van der Waals surface area contributed by atoms with E-state index in [-0.39, 0.29) is 0 Å². The molecule has 0 spiro atoms. The average molecular weight is 220 g/mol. The quantitative estimate of drug-likeness (QED) is 0.556. The van der Waals surface area contributed by atoms with E-state index in [0.717, 1.165) is 18.8 Å². The second kappa shape index (κ2) is 5.15. The Kier molecular flexibility index (Phi) is 4.10. The largest absolute Gasteiger partial charge is 0.368 e. The Morgan fingerprint density at radius 1 is 1.69 bits per heavy atom. The number of anilines is 1. The van der Waals surface area contributed by atoms with Crippen molar-refractivity contribution >= 4 is 13.5 Å². The molecule has 0 amide bonds. The van der Waals surface area contributed by atoms with Crippen LogP contribution in [0.25, 0.3) is 0 Å². The fourth-order valence-corrected chi connectivity index (χ4v) is 1.51. The molecule has 16 heavy (non-hydrogen) atoms. The Bertz CT molecular complexity index is 360. The average Bonchev–Trinajstić information content (AvgIpc) is 2.25. The summed E-state index contributed by atoms with van der Waals surface area (Å²) in [5.74, 6) is 0. The van der Waals surface area contributed by atoms with Gasteiger partial charge in [-0.3, -0.25) is 4.98 Å². The van der Waals surface area contributed by atoms with Crippen molar-refractivity contribution in [2.24, 2.45) is 0 Å². The van der Waals surface area contributed by atoms with E-state index >= 15 is 0 Å². The molecule has 2 nitrogen and oxygen atoms in total. The van der Waals surface area contributed by atoms with Crippen LogP contribution in [0.2, 0.25) is 0 Å². The molecule has 0 radical (unpaired) electrons. The maximum Gasteiger partial charge on any atom is 0.157 e. The van der Waals surface area contributed by atoms with Gasteiger partial charge in [0.25, 0.3) is 0 Å². The van der Waals surface area contributed by atoms with Crippen molar-refractivity contribution in [3.63, 3.8) is 0 Å². The number of aromatic nitrogens is 1. The molecule has 1 heterocycles. The van der Waals surface area contributed by atoms with Crippen molar-refractivity contribution in [2.45, 2.75) is 19.4 Å². The van der Waals surface area contributed by atoms with Gasteiger partial charge in [-0.15, -0.1) is 6.58 Å². The molecule has 0 bridgehead atoms. The smallest absolute Gasteiger partial charge is 0.157 e. The first-order valence-corrected chi connectivity index (χ1v) is 5.50. The van der Waals surface area contributed by atoms with Crippen molar-refractivity contribution in [2.75, 3.05) is 18.0 Å². The summed E-state index contributed by atoms with van der Waals surface area (Å²) in [6, 6.07) is 3.69. The third-order valence-corrected chi connectivity index (χ3v) is 2.45. The van der Waals surface area contributed by atoms with Gasteiger partial charge in [0, 0.05) is 25.0 Å². The number of alkyl halides is 1. The SMILES string of the molecule is BC(C)(F)c1cc(N(CC)CC=C)ccn1. The molecule has 0 saturated heterocycles. The van der Waals surface area contributed by atoms with Gasteiger partial charge in [-0.25, -0.2) is 4.39 Å². The van der Waals surface area contributed by atoms with E-state index in [9.17, 15) is 4.39 Å². The molecule has 86 valence electrons. The maximum atomic E-state index is 13.8. The lowest BCUT2D eigenvalue weighted by atomic mass is 9.82. The molecule has 1 atom stereocenters. The van der Waals surface area contributed by atoms with Crippen LogP contribution in [-0.2, 0) is 5.57 Å². The highest BCUT2D eigenvalue weighted by molar-refractivity contribution is 6.14. The number of nitrogens with zero attached hydrogens (tertiary/aromatic N) is 2. The van der Waals surface area contributed by atoms with Gasteiger partial charge >= 0.3 is 0 Å². The monoisotopic (exact) mass is 220 g/mol. The summed E-state index contributed by atoms with van der Waals surface area (Å²) < 4.78 is 13.8. The summed E-state index contributed by atoms with van der Waals surface area (Å²) in [5.41, 5.74) is 0.0505. The second-order valence-corrected chi connectivity index (χ2v) is 4.20. The van der Waals surface area contributed by atoms with E-state index in [1.54, 1.807) is 12.3 Å². The van der Waals surface area contributed by atoms with E-state index < -0.39 is 5.57 Å².